The van der Waals surface area contributed by atoms with Crippen LogP contribution in [0.3, 0.4) is 0 Å². The third kappa shape index (κ3) is 4.90. The number of nitrogens with zero attached hydrogens (tertiary/aromatic N) is 2. The third-order valence-electron chi connectivity index (χ3n) is 3.76. The number of aryl methyl sites for hydroxylation is 1. The molecule has 0 atom stereocenters. The highest BCUT2D eigenvalue weighted by Gasteiger charge is 2.16. The molecule has 1 heterocycles. The molecular formula is C19H15ClFN3O3S. The number of amides is 1. The standard InChI is InChI=1S/C19H15ClFN3O3S/c1-2-11-3-6-13(7-4-11)22-17(25)18-24-23-16(28-18)10-27-19(26)14-8-5-12(21)9-15(14)20/h3-9H,2,10H2,1H3,(H,22,25). The molecule has 3 aromatic rings. The van der Waals surface area contributed by atoms with Gasteiger partial charge in [0.05, 0.1) is 10.6 Å². The summed E-state index contributed by atoms with van der Waals surface area (Å²) in [6.07, 6.45) is 0.913. The lowest BCUT2D eigenvalue weighted by molar-refractivity contribution is 0.0471. The minimum absolute atomic E-state index is 0.0427. The molecule has 9 heteroatoms. The summed E-state index contributed by atoms with van der Waals surface area (Å²) in [5.41, 5.74) is 1.86. The van der Waals surface area contributed by atoms with Crippen LogP contribution in [-0.4, -0.2) is 22.1 Å². The molecule has 0 saturated heterocycles. The number of anilines is 1. The maximum Gasteiger partial charge on any atom is 0.340 e. The van der Waals surface area contributed by atoms with Crippen LogP contribution in [0.4, 0.5) is 10.1 Å². The summed E-state index contributed by atoms with van der Waals surface area (Å²) >= 11 is 6.84. The van der Waals surface area contributed by atoms with Crippen LogP contribution in [0.25, 0.3) is 0 Å². The predicted octanol–water partition coefficient (Wildman–Crippen LogP) is 4.50. The number of carbonyl (C=O) groups is 2. The van der Waals surface area contributed by atoms with Crippen LogP contribution in [0, 0.1) is 5.82 Å². The SMILES string of the molecule is CCc1ccc(NC(=O)c2nnc(COC(=O)c3ccc(F)cc3Cl)s2)cc1. The first-order valence-corrected chi connectivity index (χ1v) is 9.50. The highest BCUT2D eigenvalue weighted by Crippen LogP contribution is 2.20. The fraction of sp³-hybridized carbons (Fsp3) is 0.158. The molecule has 0 unspecified atom stereocenters. The molecular weight excluding hydrogens is 405 g/mol. The average Bonchev–Trinajstić information content (AvgIpc) is 3.16. The first-order chi connectivity index (χ1) is 13.5. The number of carbonyl (C=O) groups excluding carboxylic acids is 2. The van der Waals surface area contributed by atoms with Crippen molar-refractivity contribution < 1.29 is 18.7 Å². The van der Waals surface area contributed by atoms with Crippen molar-refractivity contribution in [1.82, 2.24) is 10.2 Å². The first kappa shape index (κ1) is 19.9. The van der Waals surface area contributed by atoms with Crippen molar-refractivity contribution >= 4 is 40.5 Å². The third-order valence-corrected chi connectivity index (χ3v) is 4.97. The van der Waals surface area contributed by atoms with Crippen molar-refractivity contribution in [2.45, 2.75) is 20.0 Å². The largest absolute Gasteiger partial charge is 0.455 e. The predicted molar refractivity (Wildman–Crippen MR) is 104 cm³/mol. The van der Waals surface area contributed by atoms with E-state index in [0.29, 0.717) is 10.7 Å². The molecule has 0 spiro atoms. The smallest absolute Gasteiger partial charge is 0.340 e. The molecule has 0 saturated carbocycles. The number of hydrogen-bond donors (Lipinski definition) is 1. The molecule has 3 rings (SSSR count). The quantitative estimate of drug-likeness (QED) is 0.595. The van der Waals surface area contributed by atoms with Crippen molar-refractivity contribution in [3.63, 3.8) is 0 Å². The number of ether oxygens (including phenoxy) is 1. The van der Waals surface area contributed by atoms with Gasteiger partial charge in [-0.25, -0.2) is 9.18 Å². The Bertz CT molecular complexity index is 1010. The van der Waals surface area contributed by atoms with Gasteiger partial charge in [-0.3, -0.25) is 4.79 Å². The molecule has 0 aliphatic carbocycles. The van der Waals surface area contributed by atoms with Crippen LogP contribution in [0.1, 0.15) is 37.7 Å². The van der Waals surface area contributed by atoms with Gasteiger partial charge < -0.3 is 10.1 Å². The fourth-order valence-corrected chi connectivity index (χ4v) is 3.16. The molecule has 0 aliphatic rings. The van der Waals surface area contributed by atoms with Crippen LogP contribution in [0.2, 0.25) is 5.02 Å². The second-order valence-corrected chi connectivity index (χ2v) is 7.18. The van der Waals surface area contributed by atoms with Gasteiger partial charge in [0.25, 0.3) is 5.91 Å². The monoisotopic (exact) mass is 419 g/mol. The molecule has 6 nitrogen and oxygen atoms in total. The summed E-state index contributed by atoms with van der Waals surface area (Å²) in [7, 11) is 0. The number of hydrogen-bond acceptors (Lipinski definition) is 6. The highest BCUT2D eigenvalue weighted by atomic mass is 35.5. The summed E-state index contributed by atoms with van der Waals surface area (Å²) < 4.78 is 18.1. The van der Waals surface area contributed by atoms with Gasteiger partial charge in [-0.15, -0.1) is 10.2 Å². The molecule has 0 bridgehead atoms. The number of aromatic nitrogens is 2. The Hall–Kier alpha value is -2.84. The van der Waals surface area contributed by atoms with Crippen LogP contribution in [0.5, 0.6) is 0 Å². The van der Waals surface area contributed by atoms with E-state index in [1.165, 1.54) is 11.6 Å². The number of nitrogens with one attached hydrogen (secondary N) is 1. The average molecular weight is 420 g/mol. The molecule has 0 aliphatic heterocycles. The number of esters is 1. The topological polar surface area (TPSA) is 81.2 Å². The number of benzene rings is 2. The van der Waals surface area contributed by atoms with Gasteiger partial charge in [-0.05, 0) is 42.3 Å². The lowest BCUT2D eigenvalue weighted by Crippen LogP contribution is -2.11. The van der Waals surface area contributed by atoms with Crippen molar-refractivity contribution in [3.8, 4) is 0 Å². The van der Waals surface area contributed by atoms with E-state index in [9.17, 15) is 14.0 Å². The summed E-state index contributed by atoms with van der Waals surface area (Å²) in [6.45, 7) is 1.87. The Morgan fingerprint density at radius 2 is 1.93 bits per heavy atom. The van der Waals surface area contributed by atoms with Gasteiger partial charge in [0, 0.05) is 5.69 Å². The van der Waals surface area contributed by atoms with Crippen molar-refractivity contribution in [2.75, 3.05) is 5.32 Å². The van der Waals surface area contributed by atoms with Crippen molar-refractivity contribution in [3.05, 3.63) is 74.4 Å². The van der Waals surface area contributed by atoms with E-state index in [0.717, 1.165) is 29.9 Å². The summed E-state index contributed by atoms with van der Waals surface area (Å²) in [6, 6.07) is 10.9. The Labute approximate surface area is 169 Å². The minimum atomic E-state index is -0.720. The molecule has 1 amide bonds. The number of rotatable bonds is 6. The molecule has 1 N–H and O–H groups in total. The lowest BCUT2D eigenvalue weighted by Gasteiger charge is -2.04. The second kappa shape index (κ2) is 8.90. The molecule has 0 fully saturated rings. The van der Waals surface area contributed by atoms with E-state index in [1.54, 1.807) is 0 Å². The van der Waals surface area contributed by atoms with Crippen LogP contribution >= 0.6 is 22.9 Å². The lowest BCUT2D eigenvalue weighted by atomic mass is 10.1. The van der Waals surface area contributed by atoms with Gasteiger partial charge in [-0.2, -0.15) is 0 Å². The molecule has 28 heavy (non-hydrogen) atoms. The maximum atomic E-state index is 13.0. The summed E-state index contributed by atoms with van der Waals surface area (Å²) in [4.78, 5) is 24.3. The zero-order chi connectivity index (χ0) is 20.1. The molecule has 1 aromatic heterocycles. The minimum Gasteiger partial charge on any atom is -0.455 e. The van der Waals surface area contributed by atoms with E-state index < -0.39 is 17.7 Å². The van der Waals surface area contributed by atoms with Crippen LogP contribution in [0.15, 0.2) is 42.5 Å². The highest BCUT2D eigenvalue weighted by molar-refractivity contribution is 7.13. The molecule has 144 valence electrons. The van der Waals surface area contributed by atoms with Gasteiger partial charge in [0.1, 0.15) is 12.4 Å². The summed E-state index contributed by atoms with van der Waals surface area (Å²) in [5, 5.41) is 10.8. The Kier molecular flexibility index (Phi) is 6.33. The van der Waals surface area contributed by atoms with E-state index in [4.69, 9.17) is 16.3 Å². The Morgan fingerprint density at radius 3 is 2.61 bits per heavy atom. The van der Waals surface area contributed by atoms with Crippen molar-refractivity contribution in [1.29, 1.82) is 0 Å². The van der Waals surface area contributed by atoms with Crippen LogP contribution < -0.4 is 5.32 Å². The zero-order valence-electron chi connectivity index (χ0n) is 14.7. The Balaban J connectivity index is 1.58. The molecule has 0 radical (unpaired) electrons. The fourth-order valence-electron chi connectivity index (χ4n) is 2.27. The maximum absolute atomic E-state index is 13.0. The first-order valence-electron chi connectivity index (χ1n) is 8.31. The Morgan fingerprint density at radius 1 is 1.18 bits per heavy atom. The van der Waals surface area contributed by atoms with E-state index in [2.05, 4.69) is 15.5 Å². The second-order valence-electron chi connectivity index (χ2n) is 5.71. The van der Waals surface area contributed by atoms with Gasteiger partial charge >= 0.3 is 5.97 Å². The van der Waals surface area contributed by atoms with E-state index in [1.807, 2.05) is 31.2 Å². The van der Waals surface area contributed by atoms with Crippen LogP contribution in [-0.2, 0) is 17.8 Å². The van der Waals surface area contributed by atoms with Gasteiger partial charge in [-0.1, -0.05) is 42.0 Å². The van der Waals surface area contributed by atoms with Crippen molar-refractivity contribution in [2.24, 2.45) is 0 Å². The molecule has 2 aromatic carbocycles. The van der Waals surface area contributed by atoms with Gasteiger partial charge in [0.2, 0.25) is 5.01 Å². The number of halogens is 2. The summed E-state index contributed by atoms with van der Waals surface area (Å²) in [5.74, 6) is -1.67. The van der Waals surface area contributed by atoms with E-state index in [-0.39, 0.29) is 22.2 Å². The van der Waals surface area contributed by atoms with Gasteiger partial charge in [0.15, 0.2) is 5.01 Å². The van der Waals surface area contributed by atoms with E-state index >= 15 is 0 Å². The zero-order valence-corrected chi connectivity index (χ0v) is 16.3. The normalized spacial score (nSPS) is 10.5.